The highest BCUT2D eigenvalue weighted by Gasteiger charge is 2.21. The van der Waals surface area contributed by atoms with Gasteiger partial charge >= 0.3 is 0 Å². The minimum absolute atomic E-state index is 0. The number of hydrogen-bond acceptors (Lipinski definition) is 6. The summed E-state index contributed by atoms with van der Waals surface area (Å²) in [5, 5.41) is 11.4. The Balaban J connectivity index is 0.00000288. The van der Waals surface area contributed by atoms with Crippen LogP contribution in [0.4, 0.5) is 0 Å². The number of halogens is 1. The highest BCUT2D eigenvalue weighted by molar-refractivity contribution is 14.0. The van der Waals surface area contributed by atoms with Gasteiger partial charge in [0, 0.05) is 17.3 Å². The van der Waals surface area contributed by atoms with Crippen molar-refractivity contribution in [2.75, 3.05) is 7.05 Å². The maximum absolute atomic E-state index is 5.27. The summed E-state index contributed by atoms with van der Waals surface area (Å²) in [5.74, 6) is 1.92. The van der Waals surface area contributed by atoms with Gasteiger partial charge in [-0.2, -0.15) is 4.98 Å². The normalized spacial score (nSPS) is 12.0. The summed E-state index contributed by atoms with van der Waals surface area (Å²) < 4.78 is 5.27. The molecule has 0 aliphatic carbocycles. The Morgan fingerprint density at radius 1 is 1.17 bits per heavy atom. The molecule has 2 N–H and O–H groups in total. The van der Waals surface area contributed by atoms with Crippen LogP contribution in [0.1, 0.15) is 48.1 Å². The lowest BCUT2D eigenvalue weighted by atomic mass is 9.97. The van der Waals surface area contributed by atoms with E-state index in [9.17, 15) is 0 Å². The van der Waals surface area contributed by atoms with E-state index >= 15 is 0 Å². The number of rotatable bonds is 4. The lowest BCUT2D eigenvalue weighted by Gasteiger charge is -2.10. The van der Waals surface area contributed by atoms with Crippen molar-refractivity contribution in [1.82, 2.24) is 25.8 Å². The molecule has 0 saturated heterocycles. The largest absolute Gasteiger partial charge is 0.350 e. The van der Waals surface area contributed by atoms with Crippen molar-refractivity contribution in [3.63, 3.8) is 0 Å². The Morgan fingerprint density at radius 3 is 2.33 bits per heavy atom. The zero-order valence-corrected chi connectivity index (χ0v) is 18.1. The molecule has 24 heavy (non-hydrogen) atoms. The Bertz CT molecular complexity index is 669. The van der Waals surface area contributed by atoms with Gasteiger partial charge in [-0.3, -0.25) is 4.99 Å². The molecule has 2 aromatic heterocycles. The third-order valence-corrected chi connectivity index (χ3v) is 4.30. The Hall–Kier alpha value is -1.23. The first-order chi connectivity index (χ1) is 10.8. The summed E-state index contributed by atoms with van der Waals surface area (Å²) in [4.78, 5) is 14.3. The Kier molecular flexibility index (Phi) is 7.58. The fourth-order valence-corrected chi connectivity index (χ4v) is 2.66. The standard InChI is InChI=1S/C15H24N6OS.HI/c1-9-10(2)23-12(19-9)8-18-14(16-6)17-7-11-20-13(22-21-11)15(3,4)5;/h7-8H2,1-6H3,(H2,16,17,18);1H. The first kappa shape index (κ1) is 20.8. The molecule has 2 aromatic rings. The van der Waals surface area contributed by atoms with Gasteiger partial charge in [-0.25, -0.2) is 4.98 Å². The summed E-state index contributed by atoms with van der Waals surface area (Å²) in [6.45, 7) is 11.3. The molecule has 134 valence electrons. The van der Waals surface area contributed by atoms with Gasteiger partial charge in [0.1, 0.15) is 5.01 Å². The fourth-order valence-electron chi connectivity index (χ4n) is 1.79. The minimum atomic E-state index is -0.147. The first-order valence-corrected chi connectivity index (χ1v) is 8.31. The average molecular weight is 464 g/mol. The van der Waals surface area contributed by atoms with Gasteiger partial charge in [-0.1, -0.05) is 25.9 Å². The summed E-state index contributed by atoms with van der Waals surface area (Å²) in [6.07, 6.45) is 0. The molecule has 0 bridgehead atoms. The van der Waals surface area contributed by atoms with Crippen molar-refractivity contribution in [2.24, 2.45) is 4.99 Å². The lowest BCUT2D eigenvalue weighted by molar-refractivity contribution is 0.318. The maximum Gasteiger partial charge on any atom is 0.232 e. The van der Waals surface area contributed by atoms with Crippen LogP contribution < -0.4 is 10.6 Å². The average Bonchev–Trinajstić information content (AvgIpc) is 3.06. The Labute approximate surface area is 163 Å². The molecule has 0 radical (unpaired) electrons. The molecule has 0 aromatic carbocycles. The number of aryl methyl sites for hydroxylation is 2. The number of thiazole rings is 1. The van der Waals surface area contributed by atoms with E-state index < -0.39 is 0 Å². The quantitative estimate of drug-likeness (QED) is 0.411. The van der Waals surface area contributed by atoms with Crippen LogP contribution in [-0.2, 0) is 18.5 Å². The van der Waals surface area contributed by atoms with Gasteiger partial charge in [0.2, 0.25) is 5.89 Å². The van der Waals surface area contributed by atoms with Crippen molar-refractivity contribution in [3.05, 3.63) is 27.3 Å². The molecule has 0 atom stereocenters. The molecule has 0 spiro atoms. The lowest BCUT2D eigenvalue weighted by Crippen LogP contribution is -2.36. The van der Waals surface area contributed by atoms with E-state index in [0.29, 0.717) is 30.8 Å². The molecule has 9 heteroatoms. The molecule has 0 fully saturated rings. The van der Waals surface area contributed by atoms with Crippen LogP contribution in [0.15, 0.2) is 9.52 Å². The van der Waals surface area contributed by atoms with Crippen molar-refractivity contribution >= 4 is 41.3 Å². The number of nitrogens with zero attached hydrogens (tertiary/aromatic N) is 4. The molecule has 0 saturated carbocycles. The van der Waals surface area contributed by atoms with Crippen LogP contribution in [0.25, 0.3) is 0 Å². The van der Waals surface area contributed by atoms with Crippen molar-refractivity contribution in [2.45, 2.75) is 53.1 Å². The molecule has 2 rings (SSSR count). The maximum atomic E-state index is 5.27. The molecule has 2 heterocycles. The van der Waals surface area contributed by atoms with Crippen molar-refractivity contribution in [1.29, 1.82) is 0 Å². The van der Waals surface area contributed by atoms with Gasteiger partial charge in [-0.05, 0) is 13.8 Å². The first-order valence-electron chi connectivity index (χ1n) is 7.50. The molecule has 0 aliphatic heterocycles. The zero-order valence-electron chi connectivity index (χ0n) is 14.9. The van der Waals surface area contributed by atoms with Gasteiger partial charge in [0.25, 0.3) is 0 Å². The van der Waals surface area contributed by atoms with Crippen LogP contribution in [0.2, 0.25) is 0 Å². The number of hydrogen-bond donors (Lipinski definition) is 2. The minimum Gasteiger partial charge on any atom is -0.350 e. The van der Waals surface area contributed by atoms with Crippen molar-refractivity contribution < 1.29 is 4.52 Å². The predicted molar refractivity (Wildman–Crippen MR) is 107 cm³/mol. The summed E-state index contributed by atoms with van der Waals surface area (Å²) >= 11 is 1.69. The van der Waals surface area contributed by atoms with Crippen LogP contribution in [0, 0.1) is 13.8 Å². The number of aliphatic imine (C=N–C) groups is 1. The van der Waals surface area contributed by atoms with E-state index in [1.807, 2.05) is 27.7 Å². The predicted octanol–water partition coefficient (Wildman–Crippen LogP) is 2.92. The Morgan fingerprint density at radius 2 is 1.83 bits per heavy atom. The molecular formula is C15H25IN6OS. The van der Waals surface area contributed by atoms with Crippen LogP contribution in [0.3, 0.4) is 0 Å². The number of guanidine groups is 1. The van der Waals surface area contributed by atoms with E-state index in [4.69, 9.17) is 4.52 Å². The topological polar surface area (TPSA) is 88.2 Å². The van der Waals surface area contributed by atoms with Crippen LogP contribution in [-0.4, -0.2) is 28.1 Å². The summed E-state index contributed by atoms with van der Waals surface area (Å²) in [6, 6.07) is 0. The third kappa shape index (κ3) is 5.69. The summed E-state index contributed by atoms with van der Waals surface area (Å²) in [7, 11) is 1.73. The van der Waals surface area contributed by atoms with Gasteiger partial charge < -0.3 is 15.2 Å². The zero-order chi connectivity index (χ0) is 17.0. The smallest absolute Gasteiger partial charge is 0.232 e. The van der Waals surface area contributed by atoms with Crippen LogP contribution in [0.5, 0.6) is 0 Å². The van der Waals surface area contributed by atoms with Gasteiger partial charge in [-0.15, -0.1) is 35.3 Å². The second-order valence-electron chi connectivity index (χ2n) is 6.29. The number of aromatic nitrogens is 3. The molecule has 0 aliphatic rings. The van der Waals surface area contributed by atoms with E-state index in [1.165, 1.54) is 4.88 Å². The fraction of sp³-hybridized carbons (Fsp3) is 0.600. The molecule has 0 amide bonds. The van der Waals surface area contributed by atoms with Crippen molar-refractivity contribution in [3.8, 4) is 0 Å². The monoisotopic (exact) mass is 464 g/mol. The molecule has 0 unspecified atom stereocenters. The van der Waals surface area contributed by atoms with E-state index in [2.05, 4.69) is 37.7 Å². The van der Waals surface area contributed by atoms with Crippen LogP contribution >= 0.6 is 35.3 Å². The molecular weight excluding hydrogens is 439 g/mol. The number of nitrogens with one attached hydrogen (secondary N) is 2. The second kappa shape index (κ2) is 8.75. The van der Waals surface area contributed by atoms with Gasteiger partial charge in [0.15, 0.2) is 11.8 Å². The highest BCUT2D eigenvalue weighted by atomic mass is 127. The highest BCUT2D eigenvalue weighted by Crippen LogP contribution is 2.19. The second-order valence-corrected chi connectivity index (χ2v) is 7.58. The van der Waals surface area contributed by atoms with Gasteiger partial charge in [0.05, 0.1) is 18.8 Å². The SMILES string of the molecule is CN=C(NCc1noc(C(C)(C)C)n1)NCc1nc(C)c(C)s1.I. The van der Waals surface area contributed by atoms with E-state index in [1.54, 1.807) is 18.4 Å². The summed E-state index contributed by atoms with van der Waals surface area (Å²) in [5.41, 5.74) is 0.933. The third-order valence-electron chi connectivity index (χ3n) is 3.23. The molecule has 7 nitrogen and oxygen atoms in total. The van der Waals surface area contributed by atoms with E-state index in [0.717, 1.165) is 10.7 Å². The van der Waals surface area contributed by atoms with E-state index in [-0.39, 0.29) is 29.4 Å².